The number of rotatable bonds is 7. The molecule has 1 aliphatic heterocycles. The average Bonchev–Trinajstić information content (AvgIpc) is 3.29. The number of hydrogen-bond donors (Lipinski definition) is 1. The molecule has 0 saturated carbocycles. The molecule has 0 fully saturated rings. The zero-order chi connectivity index (χ0) is 19.6. The van der Waals surface area contributed by atoms with Gasteiger partial charge in [0, 0.05) is 37.2 Å². The molecule has 0 spiro atoms. The van der Waals surface area contributed by atoms with E-state index in [0.29, 0.717) is 6.42 Å². The quantitative estimate of drug-likeness (QED) is 0.668. The second-order valence-electron chi connectivity index (χ2n) is 7.35. The van der Waals surface area contributed by atoms with Crippen LogP contribution in [0.15, 0.2) is 79.0 Å². The first-order chi connectivity index (χ1) is 13.6. The van der Waals surface area contributed by atoms with Gasteiger partial charge in [0.1, 0.15) is 11.2 Å². The Kier molecular flexibility index (Phi) is 4.86. The Labute approximate surface area is 164 Å². The number of fused-ring (bicyclic) bond motifs is 1. The lowest BCUT2D eigenvalue weighted by Gasteiger charge is -2.35. The normalized spacial score (nSPS) is 20.6. The number of carbonyl (C=O) groups excluding carboxylic acids is 1. The topological polar surface area (TPSA) is 59.3 Å². The van der Waals surface area contributed by atoms with Gasteiger partial charge in [-0.25, -0.2) is 0 Å². The van der Waals surface area contributed by atoms with Gasteiger partial charge in [-0.3, -0.25) is 9.59 Å². The highest BCUT2D eigenvalue weighted by Crippen LogP contribution is 2.51. The number of aliphatic carboxylic acids is 1. The van der Waals surface area contributed by atoms with Crippen LogP contribution in [-0.2, 0) is 21.5 Å². The fraction of sp³-hybridized carbons (Fsp3) is 0.250. The van der Waals surface area contributed by atoms with Crippen LogP contribution in [0.5, 0.6) is 0 Å². The smallest absolute Gasteiger partial charge is 0.303 e. The predicted molar refractivity (Wildman–Crippen MR) is 107 cm³/mol. The van der Waals surface area contributed by atoms with Gasteiger partial charge in [-0.05, 0) is 29.7 Å². The fourth-order valence-electron chi connectivity index (χ4n) is 4.63. The minimum atomic E-state index is -0.865. The average molecular weight is 373 g/mol. The number of carboxylic acids is 1. The number of ketones is 1. The van der Waals surface area contributed by atoms with E-state index in [4.69, 9.17) is 5.11 Å². The molecule has 0 amide bonds. The van der Waals surface area contributed by atoms with E-state index in [-0.39, 0.29) is 24.5 Å². The van der Waals surface area contributed by atoms with E-state index in [1.807, 2.05) is 66.9 Å². The number of carbonyl (C=O) groups is 2. The van der Waals surface area contributed by atoms with Crippen molar-refractivity contribution in [2.24, 2.45) is 0 Å². The summed E-state index contributed by atoms with van der Waals surface area (Å²) >= 11 is 0. The minimum absolute atomic E-state index is 0.00756. The van der Waals surface area contributed by atoms with Gasteiger partial charge in [0.2, 0.25) is 0 Å². The zero-order valence-corrected chi connectivity index (χ0v) is 15.6. The van der Waals surface area contributed by atoms with Crippen LogP contribution in [0.1, 0.15) is 42.0 Å². The molecule has 28 heavy (non-hydrogen) atoms. The maximum absolute atomic E-state index is 13.8. The van der Waals surface area contributed by atoms with E-state index in [0.717, 1.165) is 23.4 Å². The molecule has 2 aromatic carbocycles. The number of benzene rings is 2. The summed E-state index contributed by atoms with van der Waals surface area (Å²) < 4.78 is 2.17. The van der Waals surface area contributed by atoms with Crippen molar-refractivity contribution < 1.29 is 14.7 Å². The molecule has 0 radical (unpaired) electrons. The second kappa shape index (κ2) is 7.47. The Morgan fingerprint density at radius 2 is 1.61 bits per heavy atom. The van der Waals surface area contributed by atoms with Gasteiger partial charge >= 0.3 is 5.97 Å². The Bertz CT molecular complexity index is 977. The molecular formula is C24H23NO3. The molecular weight excluding hydrogens is 350 g/mol. The summed E-state index contributed by atoms with van der Waals surface area (Å²) in [5.74, 6) is -0.799. The number of nitrogens with zero attached hydrogens (tertiary/aromatic N) is 1. The Balaban J connectivity index is 1.86. The van der Waals surface area contributed by atoms with Crippen LogP contribution in [0.25, 0.3) is 0 Å². The van der Waals surface area contributed by atoms with Crippen molar-refractivity contribution in [3.63, 3.8) is 0 Å². The summed E-state index contributed by atoms with van der Waals surface area (Å²) in [5, 5.41) is 9.01. The number of hydrogen-bond acceptors (Lipinski definition) is 2. The highest BCUT2D eigenvalue weighted by molar-refractivity contribution is 5.95. The van der Waals surface area contributed by atoms with Crippen LogP contribution < -0.4 is 0 Å². The summed E-state index contributed by atoms with van der Waals surface area (Å²) in [7, 11) is 0. The van der Waals surface area contributed by atoms with Crippen LogP contribution in [-0.4, -0.2) is 21.4 Å². The van der Waals surface area contributed by atoms with Gasteiger partial charge in [-0.2, -0.15) is 0 Å². The van der Waals surface area contributed by atoms with Gasteiger partial charge in [0.25, 0.3) is 0 Å². The van der Waals surface area contributed by atoms with E-state index < -0.39 is 11.4 Å². The van der Waals surface area contributed by atoms with Gasteiger partial charge in [-0.1, -0.05) is 60.7 Å². The molecule has 2 atom stereocenters. The third-order valence-electron chi connectivity index (χ3n) is 5.80. The minimum Gasteiger partial charge on any atom is -0.481 e. The molecule has 4 heteroatoms. The molecule has 0 aliphatic carbocycles. The van der Waals surface area contributed by atoms with Gasteiger partial charge in [0.05, 0.1) is 0 Å². The summed E-state index contributed by atoms with van der Waals surface area (Å²) in [4.78, 5) is 24.8. The maximum atomic E-state index is 13.8. The molecule has 0 bridgehead atoms. The molecule has 1 aliphatic rings. The van der Waals surface area contributed by atoms with Crippen molar-refractivity contribution >= 4 is 11.8 Å². The van der Waals surface area contributed by atoms with Crippen LogP contribution in [0.3, 0.4) is 0 Å². The molecule has 4 nitrogen and oxygen atoms in total. The van der Waals surface area contributed by atoms with E-state index in [2.05, 4.69) is 16.7 Å². The van der Waals surface area contributed by atoms with Crippen molar-refractivity contribution in [1.82, 2.24) is 4.57 Å². The molecule has 0 saturated heterocycles. The van der Waals surface area contributed by atoms with Crippen LogP contribution >= 0.6 is 0 Å². The lowest BCUT2D eigenvalue weighted by molar-refractivity contribution is -0.137. The molecule has 142 valence electrons. The summed E-state index contributed by atoms with van der Waals surface area (Å²) in [5.41, 5.74) is 2.29. The highest BCUT2D eigenvalue weighted by Gasteiger charge is 2.53. The highest BCUT2D eigenvalue weighted by atomic mass is 16.4. The lowest BCUT2D eigenvalue weighted by atomic mass is 9.64. The third kappa shape index (κ3) is 2.95. The maximum Gasteiger partial charge on any atom is 0.303 e. The summed E-state index contributed by atoms with van der Waals surface area (Å²) in [6, 6.07) is 24.1. The van der Waals surface area contributed by atoms with Crippen molar-refractivity contribution in [2.75, 3.05) is 0 Å². The van der Waals surface area contributed by atoms with E-state index >= 15 is 0 Å². The number of Topliss-reactive ketones (excluding diaryl/α,β-unsaturated/α-hetero) is 1. The first-order valence-electron chi connectivity index (χ1n) is 9.65. The van der Waals surface area contributed by atoms with Gasteiger partial charge < -0.3 is 9.67 Å². The van der Waals surface area contributed by atoms with Crippen molar-refractivity contribution in [2.45, 2.75) is 37.1 Å². The van der Waals surface area contributed by atoms with Crippen LogP contribution in [0, 0.1) is 0 Å². The molecule has 4 rings (SSSR count). The summed E-state index contributed by atoms with van der Waals surface area (Å²) in [6.07, 6.45) is 2.63. The SMILES string of the molecule is O=C(O)CCCC(=O)C1(c2ccccc2)c2cccn2CC1c1ccccc1. The number of carboxylic acid groups (broad SMARTS) is 1. The monoisotopic (exact) mass is 373 g/mol. The Hall–Kier alpha value is -3.14. The van der Waals surface area contributed by atoms with Crippen molar-refractivity contribution in [3.05, 3.63) is 95.8 Å². The van der Waals surface area contributed by atoms with E-state index in [1.165, 1.54) is 0 Å². The van der Waals surface area contributed by atoms with Gasteiger partial charge in [-0.15, -0.1) is 0 Å². The second-order valence-corrected chi connectivity index (χ2v) is 7.35. The van der Waals surface area contributed by atoms with Crippen LogP contribution in [0.2, 0.25) is 0 Å². The third-order valence-corrected chi connectivity index (χ3v) is 5.80. The predicted octanol–water partition coefficient (Wildman–Crippen LogP) is 4.40. The van der Waals surface area contributed by atoms with Crippen molar-refractivity contribution in [1.29, 1.82) is 0 Å². The molecule has 2 unspecified atom stereocenters. The fourth-order valence-corrected chi connectivity index (χ4v) is 4.63. The molecule has 1 N–H and O–H groups in total. The Morgan fingerprint density at radius 1 is 0.929 bits per heavy atom. The standard InChI is InChI=1S/C24H23NO3/c26-22(14-7-15-23(27)28)24(19-11-5-2-6-12-19)20(18-9-3-1-4-10-18)17-25-16-8-13-21(24)25/h1-6,8-13,16,20H,7,14-15,17H2,(H,27,28). The molecule has 3 aromatic rings. The molecule has 2 heterocycles. The Morgan fingerprint density at radius 3 is 2.29 bits per heavy atom. The van der Waals surface area contributed by atoms with Gasteiger partial charge in [0.15, 0.2) is 0 Å². The van der Waals surface area contributed by atoms with E-state index in [1.54, 1.807) is 0 Å². The largest absolute Gasteiger partial charge is 0.481 e. The first kappa shape index (κ1) is 18.2. The first-order valence-corrected chi connectivity index (χ1v) is 9.65. The molecule has 1 aromatic heterocycles. The van der Waals surface area contributed by atoms with E-state index in [9.17, 15) is 9.59 Å². The lowest BCUT2D eigenvalue weighted by Crippen LogP contribution is -2.40. The van der Waals surface area contributed by atoms with Crippen LogP contribution in [0.4, 0.5) is 0 Å². The zero-order valence-electron chi connectivity index (χ0n) is 15.6. The number of aromatic nitrogens is 1. The summed E-state index contributed by atoms with van der Waals surface area (Å²) in [6.45, 7) is 0.728. The van der Waals surface area contributed by atoms with Crippen molar-refractivity contribution in [3.8, 4) is 0 Å².